The van der Waals surface area contributed by atoms with Gasteiger partial charge in [-0.25, -0.2) is 9.13 Å². The summed E-state index contributed by atoms with van der Waals surface area (Å²) < 4.78 is 68.6. The van der Waals surface area contributed by atoms with Crippen molar-refractivity contribution < 1.29 is 80.2 Å². The summed E-state index contributed by atoms with van der Waals surface area (Å²) in [6, 6.07) is 0. The fourth-order valence-corrected chi connectivity index (χ4v) is 13.5. The van der Waals surface area contributed by atoms with E-state index in [1.807, 2.05) is 0 Å². The molecule has 3 N–H and O–H groups in total. The number of aliphatic hydroxyl groups excluding tert-OH is 1. The Labute approximate surface area is 594 Å². The van der Waals surface area contributed by atoms with Gasteiger partial charge in [-0.1, -0.05) is 344 Å². The largest absolute Gasteiger partial charge is 0.472 e. The van der Waals surface area contributed by atoms with Gasteiger partial charge in [-0.3, -0.25) is 37.3 Å². The minimum absolute atomic E-state index is 0.106. The smallest absolute Gasteiger partial charge is 0.462 e. The summed E-state index contributed by atoms with van der Waals surface area (Å²) in [4.78, 5) is 72.9. The zero-order valence-electron chi connectivity index (χ0n) is 63.7. The third kappa shape index (κ3) is 72.2. The van der Waals surface area contributed by atoms with Crippen molar-refractivity contribution in [2.24, 2.45) is 23.7 Å². The van der Waals surface area contributed by atoms with Gasteiger partial charge in [0.25, 0.3) is 0 Å². The Morgan fingerprint density at radius 2 is 0.433 bits per heavy atom. The molecular formula is C78H152O17P2. The molecule has 97 heavy (non-hydrogen) atoms. The first-order valence-electron chi connectivity index (χ1n) is 40.2. The Bertz CT molecular complexity index is 1900. The van der Waals surface area contributed by atoms with Crippen LogP contribution in [0, 0.1) is 23.7 Å². The van der Waals surface area contributed by atoms with Crippen LogP contribution in [-0.4, -0.2) is 96.7 Å². The molecule has 0 aromatic rings. The SMILES string of the molecule is CC(C)CCCCCCCCCCCCCCCCCCC(=O)O[C@H](COC(=O)CCCCCCCCCCC(C)C)COP(=O)(O)OCC(O)COP(=O)(O)OC[C@@H](COC(=O)CCCCCCCCCC(C)C)OC(=O)CCCCCCCCCCCCCCCCC(C)C. The van der Waals surface area contributed by atoms with Gasteiger partial charge >= 0.3 is 39.5 Å². The number of phosphoric ester groups is 2. The summed E-state index contributed by atoms with van der Waals surface area (Å²) in [6.07, 6.45) is 52.9. The number of hydrogen-bond acceptors (Lipinski definition) is 15. The van der Waals surface area contributed by atoms with E-state index >= 15 is 0 Å². The lowest BCUT2D eigenvalue weighted by Gasteiger charge is -2.21. The summed E-state index contributed by atoms with van der Waals surface area (Å²) in [6.45, 7) is 14.2. The Balaban J connectivity index is 5.21. The van der Waals surface area contributed by atoms with Gasteiger partial charge in [-0.15, -0.1) is 0 Å². The monoisotopic (exact) mass is 1420 g/mol. The highest BCUT2D eigenvalue weighted by atomic mass is 31.2. The fourth-order valence-electron chi connectivity index (χ4n) is 11.9. The highest BCUT2D eigenvalue weighted by Gasteiger charge is 2.30. The van der Waals surface area contributed by atoms with Crippen LogP contribution in [0.5, 0.6) is 0 Å². The van der Waals surface area contributed by atoms with Crippen LogP contribution in [-0.2, 0) is 65.4 Å². The van der Waals surface area contributed by atoms with Gasteiger partial charge in [0.2, 0.25) is 0 Å². The van der Waals surface area contributed by atoms with E-state index in [2.05, 4.69) is 55.4 Å². The zero-order valence-corrected chi connectivity index (χ0v) is 65.5. The first-order chi connectivity index (χ1) is 46.6. The maximum Gasteiger partial charge on any atom is 0.472 e. The van der Waals surface area contributed by atoms with Crippen molar-refractivity contribution >= 4 is 39.5 Å². The zero-order chi connectivity index (χ0) is 71.7. The van der Waals surface area contributed by atoms with E-state index < -0.39 is 97.5 Å². The van der Waals surface area contributed by atoms with Gasteiger partial charge < -0.3 is 33.8 Å². The Morgan fingerprint density at radius 3 is 0.639 bits per heavy atom. The van der Waals surface area contributed by atoms with Crippen molar-refractivity contribution in [3.8, 4) is 0 Å². The molecule has 0 saturated heterocycles. The van der Waals surface area contributed by atoms with Crippen molar-refractivity contribution in [1.29, 1.82) is 0 Å². The number of carbonyl (C=O) groups is 4. The molecule has 0 aliphatic rings. The second-order valence-electron chi connectivity index (χ2n) is 30.0. The van der Waals surface area contributed by atoms with Crippen LogP contribution in [0.2, 0.25) is 0 Å². The van der Waals surface area contributed by atoms with Gasteiger partial charge in [-0.05, 0) is 49.4 Å². The predicted molar refractivity (Wildman–Crippen MR) is 395 cm³/mol. The average molecular weight is 1420 g/mol. The second-order valence-corrected chi connectivity index (χ2v) is 32.9. The van der Waals surface area contributed by atoms with E-state index in [0.29, 0.717) is 31.6 Å². The van der Waals surface area contributed by atoms with Crippen LogP contribution in [0.1, 0.15) is 396 Å². The van der Waals surface area contributed by atoms with Crippen LogP contribution < -0.4 is 0 Å². The molecule has 0 aromatic heterocycles. The third-order valence-electron chi connectivity index (χ3n) is 18.1. The van der Waals surface area contributed by atoms with Gasteiger partial charge in [0.1, 0.15) is 19.3 Å². The van der Waals surface area contributed by atoms with Crippen LogP contribution in [0.4, 0.5) is 0 Å². The first kappa shape index (κ1) is 95.1. The van der Waals surface area contributed by atoms with Crippen molar-refractivity contribution in [3.05, 3.63) is 0 Å². The van der Waals surface area contributed by atoms with Gasteiger partial charge in [0, 0.05) is 25.7 Å². The lowest BCUT2D eigenvalue weighted by atomic mass is 10.0. The van der Waals surface area contributed by atoms with Crippen LogP contribution in [0.3, 0.4) is 0 Å². The Hall–Kier alpha value is -1.94. The first-order valence-corrected chi connectivity index (χ1v) is 43.2. The Morgan fingerprint density at radius 1 is 0.258 bits per heavy atom. The maximum atomic E-state index is 13.1. The molecule has 576 valence electrons. The summed E-state index contributed by atoms with van der Waals surface area (Å²) in [5.41, 5.74) is 0. The number of rotatable bonds is 75. The number of unbranched alkanes of at least 4 members (excludes halogenated alkanes) is 41. The van der Waals surface area contributed by atoms with Crippen molar-refractivity contribution in [2.75, 3.05) is 39.6 Å². The average Bonchev–Trinajstić information content (AvgIpc) is 1.59. The molecule has 3 unspecified atom stereocenters. The molecule has 5 atom stereocenters. The highest BCUT2D eigenvalue weighted by molar-refractivity contribution is 7.47. The molecule has 0 fully saturated rings. The molecular weight excluding hydrogens is 1270 g/mol. The molecule has 0 rings (SSSR count). The molecule has 0 amide bonds. The number of carbonyl (C=O) groups excluding carboxylic acids is 4. The topological polar surface area (TPSA) is 237 Å². The minimum atomic E-state index is -4.96. The molecule has 0 aromatic carbocycles. The van der Waals surface area contributed by atoms with E-state index in [9.17, 15) is 43.2 Å². The normalized spacial score (nSPS) is 14.1. The predicted octanol–water partition coefficient (Wildman–Crippen LogP) is 22.8. The van der Waals surface area contributed by atoms with Gasteiger partial charge in [-0.2, -0.15) is 0 Å². The molecule has 19 heteroatoms. The number of ether oxygens (including phenoxy) is 4. The molecule has 0 aliphatic carbocycles. The summed E-state index contributed by atoms with van der Waals surface area (Å²) in [5, 5.41) is 10.6. The molecule has 0 heterocycles. The summed E-state index contributed by atoms with van der Waals surface area (Å²) in [7, 11) is -9.92. The maximum absolute atomic E-state index is 13.1. The number of hydrogen-bond donors (Lipinski definition) is 3. The summed E-state index contributed by atoms with van der Waals surface area (Å²) >= 11 is 0. The van der Waals surface area contributed by atoms with Crippen molar-refractivity contribution in [3.63, 3.8) is 0 Å². The minimum Gasteiger partial charge on any atom is -0.462 e. The standard InChI is InChI=1S/C78H152O17P2/c1-68(2)54-46-38-30-23-19-15-11-9-10-12-17-21-25-35-44-52-60-77(82)94-73(64-88-75(80)58-50-42-34-28-27-32-40-48-56-70(5)6)66-92-96(84,85)90-62-72(79)63-91-97(86,87)93-67-74(65-89-76(81)59-51-43-37-29-33-41-49-57-71(7)8)95-78(83)61-53-45-36-26-22-18-14-13-16-20-24-31-39-47-55-69(3)4/h68-74,79H,9-67H2,1-8H3,(H,84,85)(H,86,87)/t72?,73-,74-/m1/s1. The molecule has 0 bridgehead atoms. The number of aliphatic hydroxyl groups is 1. The van der Waals surface area contributed by atoms with E-state index in [1.54, 1.807) is 0 Å². The highest BCUT2D eigenvalue weighted by Crippen LogP contribution is 2.45. The van der Waals surface area contributed by atoms with Gasteiger partial charge in [0.05, 0.1) is 26.4 Å². The van der Waals surface area contributed by atoms with Crippen LogP contribution in [0.25, 0.3) is 0 Å². The molecule has 0 spiro atoms. The van der Waals surface area contributed by atoms with Crippen molar-refractivity contribution in [1.82, 2.24) is 0 Å². The second kappa shape index (κ2) is 67.2. The number of phosphoric acid groups is 2. The molecule has 0 radical (unpaired) electrons. The van der Waals surface area contributed by atoms with Crippen LogP contribution >= 0.6 is 15.6 Å². The van der Waals surface area contributed by atoms with Crippen LogP contribution in [0.15, 0.2) is 0 Å². The van der Waals surface area contributed by atoms with E-state index in [-0.39, 0.29) is 25.7 Å². The lowest BCUT2D eigenvalue weighted by Crippen LogP contribution is -2.30. The van der Waals surface area contributed by atoms with Crippen molar-refractivity contribution in [2.45, 2.75) is 414 Å². The molecule has 0 saturated carbocycles. The summed E-state index contributed by atoms with van der Waals surface area (Å²) in [5.74, 6) is 0.916. The number of esters is 4. The third-order valence-corrected chi connectivity index (χ3v) is 20.0. The molecule has 0 aliphatic heterocycles. The quantitative estimate of drug-likeness (QED) is 0.0222. The van der Waals surface area contributed by atoms with E-state index in [1.165, 1.54) is 193 Å². The van der Waals surface area contributed by atoms with E-state index in [0.717, 1.165) is 114 Å². The Kier molecular flexibility index (Phi) is 65.9. The van der Waals surface area contributed by atoms with E-state index in [4.69, 9.17) is 37.0 Å². The van der Waals surface area contributed by atoms with Gasteiger partial charge in [0.15, 0.2) is 12.2 Å². The lowest BCUT2D eigenvalue weighted by molar-refractivity contribution is -0.161. The molecule has 17 nitrogen and oxygen atoms in total. The fraction of sp³-hybridized carbons (Fsp3) is 0.949.